The molecule has 2 aliphatic rings. The van der Waals surface area contributed by atoms with Gasteiger partial charge in [0.05, 0.1) is 0 Å². The molecule has 2 aliphatic heterocycles. The lowest BCUT2D eigenvalue weighted by molar-refractivity contribution is -0.134. The second-order valence-electron chi connectivity index (χ2n) is 5.47. The van der Waals surface area contributed by atoms with Gasteiger partial charge >= 0.3 is 0 Å². The van der Waals surface area contributed by atoms with Gasteiger partial charge < -0.3 is 15.5 Å². The van der Waals surface area contributed by atoms with Gasteiger partial charge in [-0.1, -0.05) is 0 Å². The molecule has 102 valence electrons. The van der Waals surface area contributed by atoms with Gasteiger partial charge in [0, 0.05) is 32.5 Å². The van der Waals surface area contributed by atoms with Crippen LogP contribution in [-0.4, -0.2) is 49.4 Å². The molecular weight excluding hydrogens is 230 g/mol. The highest BCUT2D eigenvalue weighted by molar-refractivity contribution is 5.78. The number of hydrogen-bond donors (Lipinski definition) is 2. The fourth-order valence-corrected chi connectivity index (χ4v) is 2.73. The number of likely N-dealkylation sites (tertiary alicyclic amines) is 1. The summed E-state index contributed by atoms with van der Waals surface area (Å²) in [5, 5.41) is 6.35. The summed E-state index contributed by atoms with van der Waals surface area (Å²) >= 11 is 0. The van der Waals surface area contributed by atoms with Crippen LogP contribution in [0.5, 0.6) is 0 Å². The maximum absolute atomic E-state index is 11.8. The van der Waals surface area contributed by atoms with Gasteiger partial charge in [-0.15, -0.1) is 0 Å². The first kappa shape index (κ1) is 13.3. The van der Waals surface area contributed by atoms with Gasteiger partial charge in [-0.25, -0.2) is 0 Å². The first-order valence-corrected chi connectivity index (χ1v) is 6.89. The molecular formula is C13H23N3O2. The zero-order valence-electron chi connectivity index (χ0n) is 11.1. The van der Waals surface area contributed by atoms with Gasteiger partial charge in [-0.05, 0) is 38.3 Å². The second-order valence-corrected chi connectivity index (χ2v) is 5.47. The number of hydrogen-bond acceptors (Lipinski definition) is 3. The molecule has 0 aromatic heterocycles. The predicted octanol–water partition coefficient (Wildman–Crippen LogP) is 0.113. The van der Waals surface area contributed by atoms with E-state index in [1.807, 2.05) is 0 Å². The second kappa shape index (κ2) is 6.18. The minimum absolute atomic E-state index is 0.134. The van der Waals surface area contributed by atoms with E-state index in [4.69, 9.17) is 0 Å². The van der Waals surface area contributed by atoms with Gasteiger partial charge in [0.1, 0.15) is 0 Å². The van der Waals surface area contributed by atoms with Gasteiger partial charge in [0.15, 0.2) is 0 Å². The third kappa shape index (κ3) is 3.70. The van der Waals surface area contributed by atoms with Gasteiger partial charge in [-0.3, -0.25) is 9.59 Å². The van der Waals surface area contributed by atoms with Crippen molar-refractivity contribution < 1.29 is 9.59 Å². The molecule has 0 bridgehead atoms. The molecule has 5 heteroatoms. The molecule has 2 atom stereocenters. The first-order valence-electron chi connectivity index (χ1n) is 6.89. The van der Waals surface area contributed by atoms with E-state index < -0.39 is 0 Å². The van der Waals surface area contributed by atoms with Gasteiger partial charge in [0.25, 0.3) is 0 Å². The topological polar surface area (TPSA) is 61.4 Å². The molecule has 0 saturated carbocycles. The first-order chi connectivity index (χ1) is 8.65. The third-order valence-corrected chi connectivity index (χ3v) is 3.93. The minimum Gasteiger partial charge on any atom is -0.352 e. The normalized spacial score (nSPS) is 28.5. The summed E-state index contributed by atoms with van der Waals surface area (Å²) in [4.78, 5) is 24.9. The number of likely N-dealkylation sites (N-methyl/N-ethyl adjacent to an activating group) is 1. The van der Waals surface area contributed by atoms with Crippen molar-refractivity contribution in [2.45, 2.75) is 38.1 Å². The van der Waals surface area contributed by atoms with Crippen LogP contribution in [0.25, 0.3) is 0 Å². The van der Waals surface area contributed by atoms with Crippen LogP contribution in [0.3, 0.4) is 0 Å². The Morgan fingerprint density at radius 1 is 1.50 bits per heavy atom. The summed E-state index contributed by atoms with van der Waals surface area (Å²) in [5.74, 6) is 0.971. The number of piperidine rings is 1. The summed E-state index contributed by atoms with van der Waals surface area (Å²) in [6.45, 7) is 2.78. The number of nitrogens with one attached hydrogen (secondary N) is 2. The van der Waals surface area contributed by atoms with Gasteiger partial charge in [-0.2, -0.15) is 0 Å². The Kier molecular flexibility index (Phi) is 4.58. The average molecular weight is 253 g/mol. The van der Waals surface area contributed by atoms with Crippen molar-refractivity contribution in [2.75, 3.05) is 26.7 Å². The Hall–Kier alpha value is -1.10. The summed E-state index contributed by atoms with van der Waals surface area (Å²) in [6, 6.07) is 0.141. The highest BCUT2D eigenvalue weighted by atomic mass is 16.2. The molecule has 2 amide bonds. The highest BCUT2D eigenvalue weighted by Crippen LogP contribution is 2.15. The van der Waals surface area contributed by atoms with Crippen LogP contribution >= 0.6 is 0 Å². The Morgan fingerprint density at radius 2 is 2.33 bits per heavy atom. The molecule has 2 fully saturated rings. The molecule has 0 radical (unpaired) electrons. The van der Waals surface area contributed by atoms with Crippen molar-refractivity contribution in [2.24, 2.45) is 5.92 Å². The maximum atomic E-state index is 11.8. The molecule has 2 unspecified atom stereocenters. The van der Waals surface area contributed by atoms with E-state index in [1.54, 1.807) is 11.9 Å². The summed E-state index contributed by atoms with van der Waals surface area (Å²) in [7, 11) is 1.80. The zero-order chi connectivity index (χ0) is 13.0. The minimum atomic E-state index is 0.134. The van der Waals surface area contributed by atoms with Crippen LogP contribution in [0.15, 0.2) is 0 Å². The van der Waals surface area contributed by atoms with Crippen molar-refractivity contribution in [3.63, 3.8) is 0 Å². The van der Waals surface area contributed by atoms with Crippen LogP contribution in [0.2, 0.25) is 0 Å². The van der Waals surface area contributed by atoms with E-state index in [9.17, 15) is 9.59 Å². The van der Waals surface area contributed by atoms with Crippen molar-refractivity contribution in [3.8, 4) is 0 Å². The predicted molar refractivity (Wildman–Crippen MR) is 69.0 cm³/mol. The fourth-order valence-electron chi connectivity index (χ4n) is 2.73. The number of amides is 2. The Balaban J connectivity index is 1.65. The Bertz CT molecular complexity index is 313. The lowest BCUT2D eigenvalue weighted by Gasteiger charge is -2.30. The Morgan fingerprint density at radius 3 is 3.00 bits per heavy atom. The average Bonchev–Trinajstić information content (AvgIpc) is 2.84. The molecule has 5 nitrogen and oxygen atoms in total. The number of nitrogens with zero attached hydrogens (tertiary/aromatic N) is 1. The van der Waals surface area contributed by atoms with Gasteiger partial charge in [0.2, 0.25) is 11.8 Å². The zero-order valence-corrected chi connectivity index (χ0v) is 11.1. The van der Waals surface area contributed by atoms with E-state index >= 15 is 0 Å². The maximum Gasteiger partial charge on any atom is 0.222 e. The fraction of sp³-hybridized carbons (Fsp3) is 0.846. The quantitative estimate of drug-likeness (QED) is 0.748. The van der Waals surface area contributed by atoms with Crippen LogP contribution < -0.4 is 10.6 Å². The van der Waals surface area contributed by atoms with E-state index in [1.165, 1.54) is 6.42 Å². The van der Waals surface area contributed by atoms with Crippen molar-refractivity contribution in [3.05, 3.63) is 0 Å². The van der Waals surface area contributed by atoms with Crippen LogP contribution in [-0.2, 0) is 9.59 Å². The molecule has 2 N–H and O–H groups in total. The summed E-state index contributed by atoms with van der Waals surface area (Å²) in [6.07, 6.45) is 4.10. The molecule has 0 spiro atoms. The summed E-state index contributed by atoms with van der Waals surface area (Å²) < 4.78 is 0. The molecule has 0 aromatic carbocycles. The molecule has 2 saturated heterocycles. The van der Waals surface area contributed by atoms with Crippen LogP contribution in [0.1, 0.15) is 32.1 Å². The standard InChI is InChI=1S/C13H23N3O2/c1-16-9-11(3-5-13(16)18)15-12(17)4-2-10-6-7-14-8-10/h10-11,14H,2-9H2,1H3,(H,15,17). The van der Waals surface area contributed by atoms with Crippen LogP contribution in [0, 0.1) is 5.92 Å². The highest BCUT2D eigenvalue weighted by Gasteiger charge is 2.24. The van der Waals surface area contributed by atoms with Crippen molar-refractivity contribution >= 4 is 11.8 Å². The number of carbonyl (C=O) groups excluding carboxylic acids is 2. The van der Waals surface area contributed by atoms with E-state index in [0.717, 1.165) is 25.9 Å². The monoisotopic (exact) mass is 253 g/mol. The lowest BCUT2D eigenvalue weighted by Crippen LogP contribution is -2.48. The number of rotatable bonds is 4. The SMILES string of the molecule is CN1CC(NC(=O)CCC2CCNC2)CCC1=O. The molecule has 0 aliphatic carbocycles. The Labute approximate surface area is 108 Å². The lowest BCUT2D eigenvalue weighted by atomic mass is 10.0. The largest absolute Gasteiger partial charge is 0.352 e. The summed E-state index contributed by atoms with van der Waals surface area (Å²) in [5.41, 5.74) is 0. The third-order valence-electron chi connectivity index (χ3n) is 3.93. The molecule has 18 heavy (non-hydrogen) atoms. The van der Waals surface area contributed by atoms with Crippen LogP contribution in [0.4, 0.5) is 0 Å². The van der Waals surface area contributed by atoms with E-state index in [0.29, 0.717) is 25.3 Å². The van der Waals surface area contributed by atoms with E-state index in [-0.39, 0.29) is 17.9 Å². The van der Waals surface area contributed by atoms with Crippen molar-refractivity contribution in [1.82, 2.24) is 15.5 Å². The van der Waals surface area contributed by atoms with Crippen molar-refractivity contribution in [1.29, 1.82) is 0 Å². The molecule has 0 aromatic rings. The molecule has 2 rings (SSSR count). The molecule has 2 heterocycles. The smallest absolute Gasteiger partial charge is 0.222 e. The number of carbonyl (C=O) groups is 2. The van der Waals surface area contributed by atoms with E-state index in [2.05, 4.69) is 10.6 Å².